The van der Waals surface area contributed by atoms with Crippen LogP contribution >= 0.6 is 0 Å². The molecule has 0 saturated carbocycles. The average molecular weight is 353 g/mol. The van der Waals surface area contributed by atoms with Crippen molar-refractivity contribution in [1.82, 2.24) is 15.7 Å². The van der Waals surface area contributed by atoms with Gasteiger partial charge in [0.05, 0.1) is 12.3 Å². The Balaban J connectivity index is 1.89. The van der Waals surface area contributed by atoms with Gasteiger partial charge in [-0.25, -0.2) is 0 Å². The molecule has 1 atom stereocenters. The van der Waals surface area contributed by atoms with E-state index in [1.807, 2.05) is 6.92 Å². The molecule has 25 heavy (non-hydrogen) atoms. The Bertz CT molecular complexity index is 752. The summed E-state index contributed by atoms with van der Waals surface area (Å²) < 4.78 is 40.3. The number of hydroxylamine groups is 1. The van der Waals surface area contributed by atoms with Crippen molar-refractivity contribution >= 4 is 5.70 Å². The summed E-state index contributed by atoms with van der Waals surface area (Å²) in [4.78, 5) is 5.54. The monoisotopic (exact) mass is 353 g/mol. The van der Waals surface area contributed by atoms with Gasteiger partial charge in [-0.3, -0.25) is 10.3 Å². The molecule has 0 spiro atoms. The summed E-state index contributed by atoms with van der Waals surface area (Å²) in [6, 6.07) is 4.66. The first-order chi connectivity index (χ1) is 12.0. The summed E-state index contributed by atoms with van der Waals surface area (Å²) in [5, 5.41) is 7.48. The average Bonchev–Trinajstić information content (AvgIpc) is 3.24. The molecular formula is C16H17F2N3O4. The van der Waals surface area contributed by atoms with Crippen molar-refractivity contribution in [3.8, 4) is 11.5 Å². The second-order valence-electron chi connectivity index (χ2n) is 5.50. The zero-order valence-electron chi connectivity index (χ0n) is 13.7. The van der Waals surface area contributed by atoms with E-state index < -0.39 is 12.2 Å². The van der Waals surface area contributed by atoms with E-state index in [2.05, 4.69) is 20.4 Å². The van der Waals surface area contributed by atoms with Gasteiger partial charge in [0.2, 0.25) is 6.39 Å². The summed E-state index contributed by atoms with van der Waals surface area (Å²) in [6.07, 6.45) is 3.70. The van der Waals surface area contributed by atoms with E-state index >= 15 is 0 Å². The van der Waals surface area contributed by atoms with Gasteiger partial charge in [-0.1, -0.05) is 6.92 Å². The Kier molecular flexibility index (Phi) is 4.84. The molecule has 2 heterocycles. The van der Waals surface area contributed by atoms with Crippen molar-refractivity contribution < 1.29 is 27.5 Å². The molecule has 1 aliphatic heterocycles. The topological polar surface area (TPSA) is 78.6 Å². The molecule has 2 aromatic rings. The summed E-state index contributed by atoms with van der Waals surface area (Å²) in [5.74, 6) is 0.496. The highest BCUT2D eigenvalue weighted by Gasteiger charge is 2.37. The molecule has 0 bridgehead atoms. The van der Waals surface area contributed by atoms with Crippen molar-refractivity contribution in [2.75, 3.05) is 6.61 Å². The van der Waals surface area contributed by atoms with E-state index in [4.69, 9.17) is 14.0 Å². The van der Waals surface area contributed by atoms with Crippen LogP contribution in [-0.4, -0.2) is 23.4 Å². The van der Waals surface area contributed by atoms with Crippen LogP contribution in [0.25, 0.3) is 5.70 Å². The lowest BCUT2D eigenvalue weighted by atomic mass is 10.0. The number of nitrogens with zero attached hydrogens (tertiary/aromatic N) is 2. The number of hydrogen-bond acceptors (Lipinski definition) is 7. The first kappa shape index (κ1) is 17.2. The van der Waals surface area contributed by atoms with Crippen LogP contribution in [0.2, 0.25) is 0 Å². The molecule has 3 rings (SSSR count). The molecule has 0 amide bonds. The second-order valence-corrected chi connectivity index (χ2v) is 5.50. The second kappa shape index (κ2) is 7.06. The smallest absolute Gasteiger partial charge is 0.387 e. The Labute approximate surface area is 142 Å². The van der Waals surface area contributed by atoms with Gasteiger partial charge < -0.3 is 13.9 Å². The standard InChI is InChI=1S/C16H17F2N3O4/c1-3-6-22-13-7-10(4-5-12(13)24-15(17)18)11-8-16(2,25-21-11)14-20-19-9-23-14/h4-5,7-9,15,21H,3,6H2,1-2H3. The summed E-state index contributed by atoms with van der Waals surface area (Å²) >= 11 is 0. The number of alkyl halides is 2. The SMILES string of the molecule is CCCOc1cc(C2=CC(C)(c3nnco3)ON2)ccc1OC(F)F. The van der Waals surface area contributed by atoms with Gasteiger partial charge in [0.1, 0.15) is 0 Å². The number of nitrogens with one attached hydrogen (secondary N) is 1. The third-order valence-corrected chi connectivity index (χ3v) is 3.51. The van der Waals surface area contributed by atoms with E-state index in [1.54, 1.807) is 25.1 Å². The molecule has 1 aromatic heterocycles. The van der Waals surface area contributed by atoms with Crippen LogP contribution < -0.4 is 15.0 Å². The number of rotatable bonds is 7. The number of ether oxygens (including phenoxy) is 2. The molecule has 0 radical (unpaired) electrons. The Morgan fingerprint density at radius 1 is 1.32 bits per heavy atom. The van der Waals surface area contributed by atoms with E-state index in [0.717, 1.165) is 6.42 Å². The van der Waals surface area contributed by atoms with Crippen LogP contribution in [0.5, 0.6) is 11.5 Å². The van der Waals surface area contributed by atoms with Crippen molar-refractivity contribution in [3.05, 3.63) is 42.1 Å². The maximum Gasteiger partial charge on any atom is 0.387 e. The van der Waals surface area contributed by atoms with Crippen LogP contribution in [-0.2, 0) is 10.4 Å². The summed E-state index contributed by atoms with van der Waals surface area (Å²) in [5.41, 5.74) is 3.14. The van der Waals surface area contributed by atoms with E-state index in [-0.39, 0.29) is 17.4 Å². The summed E-state index contributed by atoms with van der Waals surface area (Å²) in [7, 11) is 0. The van der Waals surface area contributed by atoms with Crippen molar-refractivity contribution in [2.45, 2.75) is 32.5 Å². The first-order valence-electron chi connectivity index (χ1n) is 7.67. The van der Waals surface area contributed by atoms with Crippen molar-refractivity contribution in [2.24, 2.45) is 0 Å². The minimum atomic E-state index is -2.93. The molecule has 0 aliphatic carbocycles. The Hall–Kier alpha value is -2.68. The normalized spacial score (nSPS) is 19.6. The third-order valence-electron chi connectivity index (χ3n) is 3.51. The lowest BCUT2D eigenvalue weighted by Gasteiger charge is -2.14. The van der Waals surface area contributed by atoms with Crippen molar-refractivity contribution in [1.29, 1.82) is 0 Å². The number of halogens is 2. The number of benzene rings is 1. The molecule has 9 heteroatoms. The molecule has 1 unspecified atom stereocenters. The predicted octanol–water partition coefficient (Wildman–Crippen LogP) is 3.25. The van der Waals surface area contributed by atoms with Gasteiger partial charge in [0.25, 0.3) is 5.89 Å². The molecule has 134 valence electrons. The largest absolute Gasteiger partial charge is 0.490 e. The molecular weight excluding hydrogens is 336 g/mol. The molecule has 1 N–H and O–H groups in total. The maximum absolute atomic E-state index is 12.5. The Morgan fingerprint density at radius 2 is 2.16 bits per heavy atom. The third kappa shape index (κ3) is 3.71. The van der Waals surface area contributed by atoms with Crippen LogP contribution in [0, 0.1) is 0 Å². The zero-order valence-corrected chi connectivity index (χ0v) is 13.7. The highest BCUT2D eigenvalue weighted by molar-refractivity contribution is 5.68. The minimum absolute atomic E-state index is 0.0219. The van der Waals surface area contributed by atoms with Gasteiger partial charge in [-0.05, 0) is 37.6 Å². The highest BCUT2D eigenvalue weighted by atomic mass is 19.3. The number of hydrogen-bond donors (Lipinski definition) is 1. The lowest BCUT2D eigenvalue weighted by molar-refractivity contribution is -0.0515. The molecule has 0 saturated heterocycles. The minimum Gasteiger partial charge on any atom is -0.490 e. The molecule has 1 aliphatic rings. The van der Waals surface area contributed by atoms with Gasteiger partial charge in [0.15, 0.2) is 17.1 Å². The van der Waals surface area contributed by atoms with E-state index in [9.17, 15) is 8.78 Å². The fourth-order valence-corrected chi connectivity index (χ4v) is 2.33. The molecule has 0 fully saturated rings. The van der Waals surface area contributed by atoms with Crippen LogP contribution in [0.3, 0.4) is 0 Å². The first-order valence-corrected chi connectivity index (χ1v) is 7.67. The lowest BCUT2D eigenvalue weighted by Crippen LogP contribution is -2.23. The van der Waals surface area contributed by atoms with Crippen LogP contribution in [0.4, 0.5) is 8.78 Å². The van der Waals surface area contributed by atoms with Gasteiger partial charge in [0, 0.05) is 5.56 Å². The van der Waals surface area contributed by atoms with Gasteiger partial charge in [-0.15, -0.1) is 10.2 Å². The Morgan fingerprint density at radius 3 is 2.84 bits per heavy atom. The van der Waals surface area contributed by atoms with Crippen LogP contribution in [0.1, 0.15) is 31.7 Å². The fourth-order valence-electron chi connectivity index (χ4n) is 2.33. The van der Waals surface area contributed by atoms with Crippen molar-refractivity contribution in [3.63, 3.8) is 0 Å². The van der Waals surface area contributed by atoms with Crippen LogP contribution in [0.15, 0.2) is 35.1 Å². The molecule has 7 nitrogen and oxygen atoms in total. The quantitative estimate of drug-likeness (QED) is 0.818. The highest BCUT2D eigenvalue weighted by Crippen LogP contribution is 2.36. The maximum atomic E-state index is 12.5. The zero-order chi connectivity index (χ0) is 17.9. The molecule has 1 aromatic carbocycles. The fraction of sp³-hybridized carbons (Fsp3) is 0.375. The van der Waals surface area contributed by atoms with Gasteiger partial charge in [-0.2, -0.15) is 8.78 Å². The number of aromatic nitrogens is 2. The van der Waals surface area contributed by atoms with E-state index in [1.165, 1.54) is 12.5 Å². The summed E-state index contributed by atoms with van der Waals surface area (Å²) in [6.45, 7) is 1.12. The predicted molar refractivity (Wildman–Crippen MR) is 82.7 cm³/mol. The van der Waals surface area contributed by atoms with Gasteiger partial charge >= 0.3 is 6.61 Å². The van der Waals surface area contributed by atoms with E-state index in [0.29, 0.717) is 17.9 Å².